The number of hydrogen-bond acceptors (Lipinski definition) is 4. The Morgan fingerprint density at radius 1 is 1.50 bits per heavy atom. The summed E-state index contributed by atoms with van der Waals surface area (Å²) in [6.07, 6.45) is 2.69. The van der Waals surface area contributed by atoms with E-state index in [-0.39, 0.29) is 18.1 Å². The third-order valence-corrected chi connectivity index (χ3v) is 3.56. The number of carbonyl (C=O) groups is 1. The fourth-order valence-corrected chi connectivity index (χ4v) is 2.41. The Kier molecular flexibility index (Phi) is 4.95. The van der Waals surface area contributed by atoms with E-state index in [0.29, 0.717) is 18.8 Å². The van der Waals surface area contributed by atoms with Crippen molar-refractivity contribution in [1.29, 1.82) is 0 Å². The van der Waals surface area contributed by atoms with Gasteiger partial charge in [-0.2, -0.15) is 0 Å². The lowest BCUT2D eigenvalue weighted by atomic mass is 10.1. The Bertz CT molecular complexity index is 447. The van der Waals surface area contributed by atoms with Gasteiger partial charge in [0.05, 0.1) is 30.6 Å². The summed E-state index contributed by atoms with van der Waals surface area (Å²) in [5, 5.41) is 3.17. The molecular weight excluding hydrogens is 254 g/mol. The molecule has 1 aromatic heterocycles. The molecule has 110 valence electrons. The van der Waals surface area contributed by atoms with Crippen LogP contribution >= 0.6 is 0 Å². The van der Waals surface area contributed by atoms with Crippen molar-refractivity contribution in [1.82, 2.24) is 9.88 Å². The van der Waals surface area contributed by atoms with E-state index in [9.17, 15) is 4.79 Å². The standard InChI is InChI=1S/C15H23N3O2/c1-4-13-10-20-11(3)9-18(13)15(19)14-7-6-12(8-17-14)16-5-2/h6-8,11,13,16H,4-5,9-10H2,1-3H3. The van der Waals surface area contributed by atoms with E-state index in [4.69, 9.17) is 4.74 Å². The van der Waals surface area contributed by atoms with Crippen molar-refractivity contribution in [2.75, 3.05) is 25.0 Å². The van der Waals surface area contributed by atoms with Gasteiger partial charge in [0.2, 0.25) is 0 Å². The van der Waals surface area contributed by atoms with E-state index in [2.05, 4.69) is 17.2 Å². The van der Waals surface area contributed by atoms with Crippen LogP contribution in [-0.4, -0.2) is 47.6 Å². The first-order valence-corrected chi connectivity index (χ1v) is 7.28. The van der Waals surface area contributed by atoms with Crippen LogP contribution in [0.3, 0.4) is 0 Å². The Morgan fingerprint density at radius 2 is 2.30 bits per heavy atom. The molecule has 2 atom stereocenters. The number of nitrogens with zero attached hydrogens (tertiary/aromatic N) is 2. The molecule has 5 nitrogen and oxygen atoms in total. The Labute approximate surface area is 120 Å². The topological polar surface area (TPSA) is 54.5 Å². The second-order valence-corrected chi connectivity index (χ2v) is 5.13. The zero-order valence-electron chi connectivity index (χ0n) is 12.4. The van der Waals surface area contributed by atoms with Crippen LogP contribution in [0.5, 0.6) is 0 Å². The second kappa shape index (κ2) is 6.70. The van der Waals surface area contributed by atoms with Gasteiger partial charge in [-0.15, -0.1) is 0 Å². The highest BCUT2D eigenvalue weighted by atomic mass is 16.5. The van der Waals surface area contributed by atoms with Crippen LogP contribution in [0.15, 0.2) is 18.3 Å². The monoisotopic (exact) mass is 277 g/mol. The van der Waals surface area contributed by atoms with Gasteiger partial charge in [-0.3, -0.25) is 4.79 Å². The number of hydrogen-bond donors (Lipinski definition) is 1. The molecule has 1 N–H and O–H groups in total. The highest BCUT2D eigenvalue weighted by Crippen LogP contribution is 2.17. The molecule has 0 radical (unpaired) electrons. The van der Waals surface area contributed by atoms with Gasteiger partial charge < -0.3 is 15.0 Å². The van der Waals surface area contributed by atoms with Crippen molar-refractivity contribution in [2.24, 2.45) is 0 Å². The molecule has 1 aromatic rings. The van der Waals surface area contributed by atoms with Crippen molar-refractivity contribution >= 4 is 11.6 Å². The first kappa shape index (κ1) is 14.8. The quantitative estimate of drug-likeness (QED) is 0.916. The van der Waals surface area contributed by atoms with Crippen LogP contribution in [0, 0.1) is 0 Å². The van der Waals surface area contributed by atoms with Gasteiger partial charge in [-0.25, -0.2) is 4.98 Å². The number of morpholine rings is 1. The number of ether oxygens (including phenoxy) is 1. The second-order valence-electron chi connectivity index (χ2n) is 5.13. The van der Waals surface area contributed by atoms with Gasteiger partial charge in [0.1, 0.15) is 5.69 Å². The maximum atomic E-state index is 12.6. The fraction of sp³-hybridized carbons (Fsp3) is 0.600. The minimum atomic E-state index is -0.00458. The molecule has 5 heteroatoms. The fourth-order valence-electron chi connectivity index (χ4n) is 2.41. The van der Waals surface area contributed by atoms with E-state index >= 15 is 0 Å². The number of rotatable bonds is 4. The lowest BCUT2D eigenvalue weighted by molar-refractivity contribution is -0.0445. The van der Waals surface area contributed by atoms with E-state index in [1.54, 1.807) is 12.3 Å². The van der Waals surface area contributed by atoms with Crippen molar-refractivity contribution in [3.8, 4) is 0 Å². The molecule has 0 saturated carbocycles. The number of pyridine rings is 1. The van der Waals surface area contributed by atoms with Crippen molar-refractivity contribution in [2.45, 2.75) is 39.3 Å². The summed E-state index contributed by atoms with van der Waals surface area (Å²) in [6.45, 7) is 8.18. The molecule has 0 spiro atoms. The normalized spacial score (nSPS) is 22.6. The highest BCUT2D eigenvalue weighted by Gasteiger charge is 2.30. The van der Waals surface area contributed by atoms with Crippen LogP contribution < -0.4 is 5.32 Å². The molecule has 2 heterocycles. The van der Waals surface area contributed by atoms with Crippen LogP contribution in [0.4, 0.5) is 5.69 Å². The molecule has 20 heavy (non-hydrogen) atoms. The predicted octanol–water partition coefficient (Wildman–Crippen LogP) is 2.15. The molecule has 2 unspecified atom stereocenters. The van der Waals surface area contributed by atoms with Crippen LogP contribution in [0.2, 0.25) is 0 Å². The van der Waals surface area contributed by atoms with Crippen molar-refractivity contribution in [3.05, 3.63) is 24.0 Å². The summed E-state index contributed by atoms with van der Waals surface area (Å²) in [5.74, 6) is -0.00458. The molecule has 0 aromatic carbocycles. The Hall–Kier alpha value is -1.62. The molecule has 2 rings (SSSR count). The van der Waals surface area contributed by atoms with Crippen LogP contribution in [-0.2, 0) is 4.74 Å². The summed E-state index contributed by atoms with van der Waals surface area (Å²) in [6, 6.07) is 3.83. The number of nitrogens with one attached hydrogen (secondary N) is 1. The maximum Gasteiger partial charge on any atom is 0.272 e. The maximum absolute atomic E-state index is 12.6. The summed E-state index contributed by atoms with van der Waals surface area (Å²) >= 11 is 0. The smallest absolute Gasteiger partial charge is 0.272 e. The predicted molar refractivity (Wildman–Crippen MR) is 78.9 cm³/mol. The van der Waals surface area contributed by atoms with Crippen molar-refractivity contribution in [3.63, 3.8) is 0 Å². The molecule has 1 aliphatic rings. The van der Waals surface area contributed by atoms with Gasteiger partial charge >= 0.3 is 0 Å². The third-order valence-electron chi connectivity index (χ3n) is 3.56. The highest BCUT2D eigenvalue weighted by molar-refractivity contribution is 5.92. The lowest BCUT2D eigenvalue weighted by Crippen LogP contribution is -2.51. The van der Waals surface area contributed by atoms with Crippen molar-refractivity contribution < 1.29 is 9.53 Å². The van der Waals surface area contributed by atoms with E-state index in [0.717, 1.165) is 18.7 Å². The van der Waals surface area contributed by atoms with Gasteiger partial charge in [0.15, 0.2) is 0 Å². The first-order chi connectivity index (χ1) is 9.65. The van der Waals surface area contributed by atoms with Gasteiger partial charge in [-0.1, -0.05) is 6.92 Å². The van der Waals surface area contributed by atoms with Crippen LogP contribution in [0.25, 0.3) is 0 Å². The molecular formula is C15H23N3O2. The first-order valence-electron chi connectivity index (χ1n) is 7.28. The number of carbonyl (C=O) groups excluding carboxylic acids is 1. The molecule has 1 aliphatic heterocycles. The average Bonchev–Trinajstić information content (AvgIpc) is 2.47. The molecule has 0 aliphatic carbocycles. The van der Waals surface area contributed by atoms with Crippen LogP contribution in [0.1, 0.15) is 37.7 Å². The summed E-state index contributed by atoms with van der Waals surface area (Å²) < 4.78 is 5.62. The molecule has 1 fully saturated rings. The van der Waals surface area contributed by atoms with Gasteiger partial charge in [-0.05, 0) is 32.4 Å². The minimum absolute atomic E-state index is 0.00458. The summed E-state index contributed by atoms with van der Waals surface area (Å²) in [4.78, 5) is 18.7. The number of amides is 1. The summed E-state index contributed by atoms with van der Waals surface area (Å²) in [7, 11) is 0. The molecule has 0 bridgehead atoms. The minimum Gasteiger partial charge on any atom is -0.384 e. The lowest BCUT2D eigenvalue weighted by Gasteiger charge is -2.38. The SMILES string of the molecule is CCNc1ccc(C(=O)N2CC(C)OCC2CC)nc1. The zero-order chi connectivity index (χ0) is 14.5. The van der Waals surface area contributed by atoms with E-state index in [1.807, 2.05) is 24.8 Å². The number of aromatic nitrogens is 1. The third kappa shape index (κ3) is 3.28. The largest absolute Gasteiger partial charge is 0.384 e. The molecule has 1 amide bonds. The molecule has 1 saturated heterocycles. The Balaban J connectivity index is 2.12. The van der Waals surface area contributed by atoms with Gasteiger partial charge in [0, 0.05) is 13.1 Å². The average molecular weight is 277 g/mol. The summed E-state index contributed by atoms with van der Waals surface area (Å²) in [5.41, 5.74) is 1.44. The zero-order valence-corrected chi connectivity index (χ0v) is 12.4. The van der Waals surface area contributed by atoms with E-state index < -0.39 is 0 Å². The Morgan fingerprint density at radius 3 is 2.90 bits per heavy atom. The van der Waals surface area contributed by atoms with Gasteiger partial charge in [0.25, 0.3) is 5.91 Å². The number of anilines is 1. The van der Waals surface area contributed by atoms with E-state index in [1.165, 1.54) is 0 Å².